The number of hydrazine groups is 1. The summed E-state index contributed by atoms with van der Waals surface area (Å²) in [6.07, 6.45) is -4.86. The van der Waals surface area contributed by atoms with Gasteiger partial charge in [-0.1, -0.05) is 18.5 Å². The molecule has 0 radical (unpaired) electrons. The van der Waals surface area contributed by atoms with E-state index in [9.17, 15) is 27.6 Å². The highest BCUT2D eigenvalue weighted by molar-refractivity contribution is 6.30. The Balaban J connectivity index is 2.22. The number of amides is 2. The van der Waals surface area contributed by atoms with Crippen molar-refractivity contribution >= 4 is 35.2 Å². The van der Waals surface area contributed by atoms with E-state index in [1.165, 1.54) is 13.8 Å². The van der Waals surface area contributed by atoms with E-state index in [0.717, 1.165) is 6.07 Å². The summed E-state index contributed by atoms with van der Waals surface area (Å²) < 4.78 is 38.0. The van der Waals surface area contributed by atoms with Gasteiger partial charge in [0.15, 0.2) is 0 Å². The number of imide groups is 1. The minimum absolute atomic E-state index is 0.00964. The van der Waals surface area contributed by atoms with Gasteiger partial charge in [-0.3, -0.25) is 19.8 Å². The van der Waals surface area contributed by atoms with Crippen LogP contribution in [0.5, 0.6) is 0 Å². The van der Waals surface area contributed by atoms with Crippen molar-refractivity contribution in [3.63, 3.8) is 0 Å². The molecule has 1 aliphatic rings. The molecular weight excluding hydrogens is 379 g/mol. The Hall–Kier alpha value is -2.62. The number of anilines is 1. The lowest BCUT2D eigenvalue weighted by Crippen LogP contribution is -2.37. The molecule has 0 fully saturated rings. The molecule has 7 nitrogen and oxygen atoms in total. The molecule has 140 valence electrons. The molecule has 1 aliphatic heterocycles. The van der Waals surface area contributed by atoms with E-state index < -0.39 is 40.6 Å². The molecule has 0 spiro atoms. The maximum absolute atomic E-state index is 12.7. The Kier molecular flexibility index (Phi) is 5.26. The zero-order valence-electron chi connectivity index (χ0n) is 13.5. The summed E-state index contributed by atoms with van der Waals surface area (Å²) in [7, 11) is 0. The number of aromatic nitrogens is 1. The second-order valence-corrected chi connectivity index (χ2v) is 6.00. The lowest BCUT2D eigenvalue weighted by Gasteiger charge is -2.18. The molecule has 1 aromatic heterocycles. The number of pyridine rings is 1. The SMILES string of the molecule is CC1=C(CC(C)C(=O)O)C(=O)N(Nc2ccc(C(F)(F)F)c(Cl)n2)C1=O. The van der Waals surface area contributed by atoms with E-state index in [1.54, 1.807) is 0 Å². The summed E-state index contributed by atoms with van der Waals surface area (Å²) in [6, 6.07) is 1.58. The lowest BCUT2D eigenvalue weighted by atomic mass is 9.99. The highest BCUT2D eigenvalue weighted by Crippen LogP contribution is 2.34. The van der Waals surface area contributed by atoms with Crippen LogP contribution in [0.3, 0.4) is 0 Å². The van der Waals surface area contributed by atoms with Gasteiger partial charge in [0.2, 0.25) is 0 Å². The third-order valence-corrected chi connectivity index (χ3v) is 4.04. The molecule has 1 unspecified atom stereocenters. The van der Waals surface area contributed by atoms with Gasteiger partial charge < -0.3 is 5.11 Å². The van der Waals surface area contributed by atoms with Crippen molar-refractivity contribution in [2.75, 3.05) is 5.43 Å². The molecule has 2 N–H and O–H groups in total. The van der Waals surface area contributed by atoms with Crippen molar-refractivity contribution in [2.24, 2.45) is 5.92 Å². The zero-order chi connectivity index (χ0) is 19.8. The molecule has 2 amide bonds. The predicted octanol–water partition coefficient (Wildman–Crippen LogP) is 2.88. The normalized spacial score (nSPS) is 16.3. The van der Waals surface area contributed by atoms with Crippen LogP contribution < -0.4 is 5.43 Å². The first-order chi connectivity index (χ1) is 11.9. The summed E-state index contributed by atoms with van der Waals surface area (Å²) >= 11 is 5.50. The molecule has 26 heavy (non-hydrogen) atoms. The van der Waals surface area contributed by atoms with Gasteiger partial charge in [-0.2, -0.15) is 18.2 Å². The number of rotatable bonds is 5. The molecule has 0 bridgehead atoms. The van der Waals surface area contributed by atoms with Crippen LogP contribution in [0.25, 0.3) is 0 Å². The quantitative estimate of drug-likeness (QED) is 0.591. The number of alkyl halides is 3. The number of hydrogen-bond donors (Lipinski definition) is 2. The third-order valence-electron chi connectivity index (χ3n) is 3.75. The molecule has 2 heterocycles. The number of carboxylic acid groups (broad SMARTS) is 1. The molecule has 1 atom stereocenters. The van der Waals surface area contributed by atoms with Gasteiger partial charge in [0, 0.05) is 11.1 Å². The Morgan fingerprint density at radius 3 is 2.46 bits per heavy atom. The molecule has 1 aromatic rings. The Bertz CT molecular complexity index is 823. The van der Waals surface area contributed by atoms with Gasteiger partial charge >= 0.3 is 12.1 Å². The van der Waals surface area contributed by atoms with Crippen molar-refractivity contribution in [3.05, 3.63) is 34.0 Å². The molecule has 11 heteroatoms. The molecule has 0 aromatic carbocycles. The van der Waals surface area contributed by atoms with E-state index in [4.69, 9.17) is 16.7 Å². The first-order valence-corrected chi connectivity index (χ1v) is 7.63. The predicted molar refractivity (Wildman–Crippen MR) is 83.8 cm³/mol. The van der Waals surface area contributed by atoms with Crippen LogP contribution in [-0.4, -0.2) is 32.9 Å². The second-order valence-electron chi connectivity index (χ2n) is 5.64. The van der Waals surface area contributed by atoms with E-state index in [0.29, 0.717) is 11.1 Å². The fourth-order valence-electron chi connectivity index (χ4n) is 2.24. The van der Waals surface area contributed by atoms with Crippen LogP contribution in [-0.2, 0) is 20.6 Å². The molecule has 0 saturated carbocycles. The first kappa shape index (κ1) is 19.7. The summed E-state index contributed by atoms with van der Waals surface area (Å²) in [5.41, 5.74) is 1.21. The average Bonchev–Trinajstić information content (AvgIpc) is 2.71. The van der Waals surface area contributed by atoms with Crippen LogP contribution in [0, 0.1) is 5.92 Å². The maximum atomic E-state index is 12.7. The molecule has 0 saturated heterocycles. The van der Waals surface area contributed by atoms with Crippen LogP contribution >= 0.6 is 11.6 Å². The van der Waals surface area contributed by atoms with Crippen LogP contribution in [0.1, 0.15) is 25.8 Å². The van der Waals surface area contributed by atoms with Crippen molar-refractivity contribution < 1.29 is 32.7 Å². The van der Waals surface area contributed by atoms with E-state index in [-0.39, 0.29) is 23.4 Å². The highest BCUT2D eigenvalue weighted by atomic mass is 35.5. The Labute approximate surface area is 150 Å². The monoisotopic (exact) mass is 391 g/mol. The number of carbonyl (C=O) groups excluding carboxylic acids is 2. The number of carbonyl (C=O) groups is 3. The summed E-state index contributed by atoms with van der Waals surface area (Å²) in [5.74, 6) is -3.81. The number of nitrogens with zero attached hydrogens (tertiary/aromatic N) is 2. The van der Waals surface area contributed by atoms with Gasteiger partial charge in [0.1, 0.15) is 11.0 Å². The first-order valence-electron chi connectivity index (χ1n) is 7.25. The number of hydrogen-bond acceptors (Lipinski definition) is 5. The van der Waals surface area contributed by atoms with Gasteiger partial charge in [0.25, 0.3) is 11.8 Å². The molecule has 0 aliphatic carbocycles. The van der Waals surface area contributed by atoms with Gasteiger partial charge in [0.05, 0.1) is 11.5 Å². The number of carboxylic acids is 1. The fourth-order valence-corrected chi connectivity index (χ4v) is 2.50. The molecule has 2 rings (SSSR count). The minimum Gasteiger partial charge on any atom is -0.481 e. The summed E-state index contributed by atoms with van der Waals surface area (Å²) in [5, 5.41) is 8.66. The van der Waals surface area contributed by atoms with Crippen molar-refractivity contribution in [2.45, 2.75) is 26.4 Å². The molecular formula is C15H13ClF3N3O4. The third kappa shape index (κ3) is 3.79. The van der Waals surface area contributed by atoms with Crippen LogP contribution in [0.15, 0.2) is 23.3 Å². The number of aliphatic carboxylic acids is 1. The van der Waals surface area contributed by atoms with Crippen molar-refractivity contribution in [1.82, 2.24) is 9.99 Å². The average molecular weight is 392 g/mol. The highest BCUT2D eigenvalue weighted by Gasteiger charge is 2.38. The van der Waals surface area contributed by atoms with Crippen molar-refractivity contribution in [1.29, 1.82) is 0 Å². The standard InChI is InChI=1S/C15H13ClF3N3O4/c1-6(14(25)26)5-8-7(2)12(23)22(13(8)24)21-10-4-3-9(11(16)20-10)15(17,18)19/h3-4,6H,5H2,1-2H3,(H,20,21)(H,25,26). The van der Waals surface area contributed by atoms with E-state index in [2.05, 4.69) is 10.4 Å². The van der Waals surface area contributed by atoms with Crippen LogP contribution in [0.4, 0.5) is 19.0 Å². The number of halogens is 4. The summed E-state index contributed by atoms with van der Waals surface area (Å²) in [6.45, 7) is 2.74. The maximum Gasteiger partial charge on any atom is 0.419 e. The fraction of sp³-hybridized carbons (Fsp3) is 0.333. The largest absolute Gasteiger partial charge is 0.481 e. The Morgan fingerprint density at radius 2 is 1.96 bits per heavy atom. The smallest absolute Gasteiger partial charge is 0.419 e. The Morgan fingerprint density at radius 1 is 1.35 bits per heavy atom. The second kappa shape index (κ2) is 6.94. The van der Waals surface area contributed by atoms with Gasteiger partial charge in [-0.15, -0.1) is 0 Å². The topological polar surface area (TPSA) is 99.6 Å². The zero-order valence-corrected chi connectivity index (χ0v) is 14.3. The van der Waals surface area contributed by atoms with Gasteiger partial charge in [-0.25, -0.2) is 4.98 Å². The minimum atomic E-state index is -4.69. The van der Waals surface area contributed by atoms with E-state index >= 15 is 0 Å². The van der Waals surface area contributed by atoms with E-state index in [1.807, 2.05) is 0 Å². The lowest BCUT2D eigenvalue weighted by molar-refractivity contribution is -0.141. The van der Waals surface area contributed by atoms with Gasteiger partial charge in [-0.05, 0) is 25.5 Å². The summed E-state index contributed by atoms with van der Waals surface area (Å²) in [4.78, 5) is 39.0. The number of nitrogens with one attached hydrogen (secondary N) is 1. The van der Waals surface area contributed by atoms with Crippen LogP contribution in [0.2, 0.25) is 5.15 Å². The van der Waals surface area contributed by atoms with Crippen molar-refractivity contribution in [3.8, 4) is 0 Å².